The largest absolute Gasteiger partial charge is 0.481 e. The van der Waals surface area contributed by atoms with Crippen molar-refractivity contribution in [3.05, 3.63) is 0 Å². The van der Waals surface area contributed by atoms with Gasteiger partial charge in [-0.15, -0.1) is 0 Å². The van der Waals surface area contributed by atoms with Gasteiger partial charge in [0.05, 0.1) is 18.9 Å². The molecule has 0 saturated carbocycles. The van der Waals surface area contributed by atoms with Crippen LogP contribution in [0.25, 0.3) is 0 Å². The normalized spacial score (nSPS) is 14.5. The van der Waals surface area contributed by atoms with Crippen LogP contribution < -0.4 is 27.4 Å². The average Bonchev–Trinajstić information content (AvgIpc) is 2.68. The van der Waals surface area contributed by atoms with Gasteiger partial charge in [-0.3, -0.25) is 24.0 Å². The van der Waals surface area contributed by atoms with Crippen LogP contribution in [0.4, 0.5) is 0 Å². The second-order valence-corrected chi connectivity index (χ2v) is 7.78. The summed E-state index contributed by atoms with van der Waals surface area (Å²) in [6.07, 6.45) is -0.593. The van der Waals surface area contributed by atoms with Gasteiger partial charge < -0.3 is 42.7 Å². The highest BCUT2D eigenvalue weighted by atomic mass is 16.4. The van der Waals surface area contributed by atoms with E-state index in [1.807, 2.05) is 0 Å². The molecule has 0 rings (SSSR count). The molecule has 188 valence electrons. The van der Waals surface area contributed by atoms with Crippen molar-refractivity contribution in [2.45, 2.75) is 70.1 Å². The number of unbranched alkanes of at least 4 members (excludes halogenated alkanes) is 1. The molecule has 0 aromatic rings. The molecule has 14 nitrogen and oxygen atoms in total. The Morgan fingerprint density at radius 2 is 1.27 bits per heavy atom. The summed E-state index contributed by atoms with van der Waals surface area (Å²) in [4.78, 5) is 70.7. The van der Waals surface area contributed by atoms with Crippen molar-refractivity contribution in [1.29, 1.82) is 0 Å². The van der Waals surface area contributed by atoms with Gasteiger partial charge in [0.25, 0.3) is 0 Å². The lowest BCUT2D eigenvalue weighted by molar-refractivity contribution is -0.144. The lowest BCUT2D eigenvalue weighted by atomic mass is 10.0. The van der Waals surface area contributed by atoms with Crippen LogP contribution in [0.1, 0.15) is 46.0 Å². The van der Waals surface area contributed by atoms with Crippen LogP contribution in [0.3, 0.4) is 0 Å². The van der Waals surface area contributed by atoms with Gasteiger partial charge in [-0.05, 0) is 31.7 Å². The molecular weight excluding hydrogens is 442 g/mol. The molecule has 0 radical (unpaired) electrons. The van der Waals surface area contributed by atoms with Crippen LogP contribution in [-0.2, 0) is 28.8 Å². The molecule has 0 fully saturated rings. The maximum atomic E-state index is 12.8. The van der Waals surface area contributed by atoms with Gasteiger partial charge in [-0.25, -0.2) is 4.79 Å². The van der Waals surface area contributed by atoms with E-state index in [0.29, 0.717) is 19.4 Å². The van der Waals surface area contributed by atoms with Gasteiger partial charge >= 0.3 is 17.9 Å². The van der Waals surface area contributed by atoms with E-state index in [0.717, 1.165) is 0 Å². The minimum Gasteiger partial charge on any atom is -0.481 e. The molecule has 10 N–H and O–H groups in total. The van der Waals surface area contributed by atoms with Crippen LogP contribution in [0.2, 0.25) is 0 Å². The molecule has 0 saturated heterocycles. The number of carboxylic acid groups (broad SMARTS) is 3. The molecule has 14 heteroatoms. The third-order valence-electron chi connectivity index (χ3n) is 4.55. The molecule has 33 heavy (non-hydrogen) atoms. The number of carbonyl (C=O) groups is 6. The standard InChI is InChI=1S/C19H33N5O9/c1-9(2)15(19(32)33)24-18(31)12(8-14(27)28)23-17(30)11(5-3-4-6-20)22-16(29)10(21)7-13(25)26/h9-12,15H,3-8,20-21H2,1-2H3,(H,22,29)(H,23,30)(H,24,31)(H,25,26)(H,27,28)(H,32,33). The number of hydrogen-bond donors (Lipinski definition) is 8. The fourth-order valence-electron chi connectivity index (χ4n) is 2.74. The third-order valence-corrected chi connectivity index (χ3v) is 4.55. The number of carboxylic acids is 3. The Morgan fingerprint density at radius 1 is 0.758 bits per heavy atom. The van der Waals surface area contributed by atoms with Crippen molar-refractivity contribution < 1.29 is 44.1 Å². The lowest BCUT2D eigenvalue weighted by Gasteiger charge is -2.25. The Bertz CT molecular complexity index is 728. The maximum absolute atomic E-state index is 12.8. The third kappa shape index (κ3) is 11.8. The first kappa shape index (κ1) is 29.7. The smallest absolute Gasteiger partial charge is 0.326 e. The van der Waals surface area contributed by atoms with Crippen molar-refractivity contribution in [3.8, 4) is 0 Å². The molecule has 0 aromatic carbocycles. The van der Waals surface area contributed by atoms with Crippen molar-refractivity contribution >= 4 is 35.6 Å². The Kier molecular flexibility index (Phi) is 13.3. The Balaban J connectivity index is 5.53. The number of carbonyl (C=O) groups excluding carboxylic acids is 3. The van der Waals surface area contributed by atoms with Crippen molar-refractivity contribution in [2.75, 3.05) is 6.54 Å². The van der Waals surface area contributed by atoms with E-state index in [-0.39, 0.29) is 6.42 Å². The highest BCUT2D eigenvalue weighted by Crippen LogP contribution is 2.06. The first-order valence-electron chi connectivity index (χ1n) is 10.3. The maximum Gasteiger partial charge on any atom is 0.326 e. The second kappa shape index (κ2) is 14.7. The minimum atomic E-state index is -1.63. The van der Waals surface area contributed by atoms with Crippen LogP contribution >= 0.6 is 0 Å². The number of nitrogens with one attached hydrogen (secondary N) is 3. The van der Waals surface area contributed by atoms with E-state index in [9.17, 15) is 33.9 Å². The molecule has 0 spiro atoms. The number of hydrogen-bond acceptors (Lipinski definition) is 8. The number of amides is 3. The van der Waals surface area contributed by atoms with E-state index in [4.69, 9.17) is 21.7 Å². The topological polar surface area (TPSA) is 251 Å². The Labute approximate surface area is 190 Å². The van der Waals surface area contributed by atoms with Gasteiger partial charge in [0, 0.05) is 0 Å². The summed E-state index contributed by atoms with van der Waals surface area (Å²) in [5, 5.41) is 33.8. The van der Waals surface area contributed by atoms with Gasteiger partial charge in [0.2, 0.25) is 17.7 Å². The Hall–Kier alpha value is -3.26. The molecule has 4 unspecified atom stereocenters. The summed E-state index contributed by atoms with van der Waals surface area (Å²) in [6.45, 7) is 3.37. The van der Waals surface area contributed by atoms with Crippen LogP contribution in [0.15, 0.2) is 0 Å². The van der Waals surface area contributed by atoms with E-state index in [2.05, 4.69) is 16.0 Å². The van der Waals surface area contributed by atoms with Crippen LogP contribution in [0.5, 0.6) is 0 Å². The summed E-state index contributed by atoms with van der Waals surface area (Å²) in [5.41, 5.74) is 10.9. The van der Waals surface area contributed by atoms with Gasteiger partial charge in [0.1, 0.15) is 18.1 Å². The summed E-state index contributed by atoms with van der Waals surface area (Å²) in [7, 11) is 0. The molecule has 3 amide bonds. The van der Waals surface area contributed by atoms with Crippen molar-refractivity contribution in [3.63, 3.8) is 0 Å². The zero-order valence-electron chi connectivity index (χ0n) is 18.6. The number of rotatable bonds is 16. The van der Waals surface area contributed by atoms with Crippen LogP contribution in [0, 0.1) is 5.92 Å². The first-order valence-corrected chi connectivity index (χ1v) is 10.3. The van der Waals surface area contributed by atoms with Crippen LogP contribution in [-0.4, -0.2) is 81.7 Å². The van der Waals surface area contributed by atoms with Gasteiger partial charge in [-0.1, -0.05) is 13.8 Å². The lowest BCUT2D eigenvalue weighted by Crippen LogP contribution is -2.58. The molecule has 0 aliphatic rings. The number of aliphatic carboxylic acids is 3. The molecular formula is C19H33N5O9. The predicted octanol–water partition coefficient (Wildman–Crippen LogP) is -2.41. The SMILES string of the molecule is CC(C)C(NC(=O)C(CC(=O)O)NC(=O)C(CCCCN)NC(=O)C(N)CC(=O)O)C(=O)O. The minimum absolute atomic E-state index is 0.0553. The van der Waals surface area contributed by atoms with Crippen molar-refractivity contribution in [1.82, 2.24) is 16.0 Å². The molecule has 0 aliphatic heterocycles. The highest BCUT2D eigenvalue weighted by Gasteiger charge is 2.32. The average molecular weight is 475 g/mol. The summed E-state index contributed by atoms with van der Waals surface area (Å²) < 4.78 is 0. The van der Waals surface area contributed by atoms with Crippen molar-refractivity contribution in [2.24, 2.45) is 17.4 Å². The fraction of sp³-hybridized carbons (Fsp3) is 0.684. The van der Waals surface area contributed by atoms with E-state index in [1.54, 1.807) is 0 Å². The molecule has 0 aliphatic carbocycles. The quantitative estimate of drug-likeness (QED) is 0.109. The second-order valence-electron chi connectivity index (χ2n) is 7.78. The zero-order chi connectivity index (χ0) is 25.7. The molecule has 0 heterocycles. The first-order chi connectivity index (χ1) is 15.3. The van der Waals surface area contributed by atoms with E-state index >= 15 is 0 Å². The number of nitrogens with two attached hydrogens (primary N) is 2. The predicted molar refractivity (Wildman–Crippen MR) is 114 cm³/mol. The molecule has 4 atom stereocenters. The summed E-state index contributed by atoms with van der Waals surface area (Å²) in [5.74, 6) is -7.47. The summed E-state index contributed by atoms with van der Waals surface area (Å²) in [6, 6.07) is -5.64. The Morgan fingerprint density at radius 3 is 1.73 bits per heavy atom. The van der Waals surface area contributed by atoms with Gasteiger partial charge in [-0.2, -0.15) is 0 Å². The van der Waals surface area contributed by atoms with E-state index in [1.165, 1.54) is 13.8 Å². The highest BCUT2D eigenvalue weighted by molar-refractivity contribution is 5.96. The van der Waals surface area contributed by atoms with Gasteiger partial charge in [0.15, 0.2) is 0 Å². The monoisotopic (exact) mass is 475 g/mol. The molecule has 0 bridgehead atoms. The van der Waals surface area contributed by atoms with E-state index < -0.39 is 78.6 Å². The fourth-order valence-corrected chi connectivity index (χ4v) is 2.74. The molecule has 0 aromatic heterocycles. The zero-order valence-corrected chi connectivity index (χ0v) is 18.6. The summed E-state index contributed by atoms with van der Waals surface area (Å²) >= 11 is 0.